The molecule has 0 aliphatic heterocycles. The first-order valence-corrected chi connectivity index (χ1v) is 9.86. The van der Waals surface area contributed by atoms with Gasteiger partial charge in [-0.1, -0.05) is 32.9 Å². The Morgan fingerprint density at radius 3 is 2.35 bits per heavy atom. The summed E-state index contributed by atoms with van der Waals surface area (Å²) in [6.07, 6.45) is 0. The van der Waals surface area contributed by atoms with Gasteiger partial charge in [0.2, 0.25) is 8.32 Å². The second kappa shape index (κ2) is 6.00. The minimum Gasteiger partial charge on any atom is -0.543 e. The molecule has 0 N–H and O–H groups in total. The van der Waals surface area contributed by atoms with E-state index >= 15 is 0 Å². The zero-order valence-electron chi connectivity index (χ0n) is 13.6. The van der Waals surface area contributed by atoms with Crippen LogP contribution in [0.15, 0.2) is 24.3 Å². The lowest BCUT2D eigenvalue weighted by Gasteiger charge is -2.36. The average Bonchev–Trinajstić information content (AvgIpc) is 2.35. The first-order chi connectivity index (χ1) is 9.08. The normalized spacial score (nSPS) is 13.8. The van der Waals surface area contributed by atoms with Crippen LogP contribution in [0.25, 0.3) is 0 Å². The Morgan fingerprint density at radius 1 is 1.25 bits per heavy atom. The minimum atomic E-state index is -1.86. The van der Waals surface area contributed by atoms with E-state index in [0.717, 1.165) is 11.3 Å². The lowest BCUT2D eigenvalue weighted by atomic mass is 10.0. The van der Waals surface area contributed by atoms with Crippen LogP contribution < -0.4 is 4.43 Å². The first-order valence-electron chi connectivity index (χ1n) is 6.95. The molecule has 0 aromatic heterocycles. The molecular formula is C16H26O3Si. The lowest BCUT2D eigenvalue weighted by molar-refractivity contribution is -0.141. The van der Waals surface area contributed by atoms with Gasteiger partial charge in [0, 0.05) is 0 Å². The highest BCUT2D eigenvalue weighted by atomic mass is 28.4. The van der Waals surface area contributed by atoms with Crippen LogP contribution >= 0.6 is 0 Å². The summed E-state index contributed by atoms with van der Waals surface area (Å²) in [4.78, 5) is 11.6. The van der Waals surface area contributed by atoms with Crippen molar-refractivity contribution in [1.82, 2.24) is 0 Å². The van der Waals surface area contributed by atoms with E-state index in [-0.39, 0.29) is 16.9 Å². The highest BCUT2D eigenvalue weighted by molar-refractivity contribution is 6.74. The molecule has 0 fully saturated rings. The Labute approximate surface area is 123 Å². The number of hydrogen-bond donors (Lipinski definition) is 0. The Morgan fingerprint density at radius 2 is 1.85 bits per heavy atom. The monoisotopic (exact) mass is 294 g/mol. The third-order valence-electron chi connectivity index (χ3n) is 4.09. The maximum atomic E-state index is 11.6. The van der Waals surface area contributed by atoms with Crippen molar-refractivity contribution in [3.63, 3.8) is 0 Å². The smallest absolute Gasteiger partial charge is 0.312 e. The molecule has 1 atom stereocenters. The van der Waals surface area contributed by atoms with Gasteiger partial charge >= 0.3 is 5.97 Å². The topological polar surface area (TPSA) is 35.5 Å². The van der Waals surface area contributed by atoms with Crippen molar-refractivity contribution in [3.05, 3.63) is 29.8 Å². The van der Waals surface area contributed by atoms with E-state index in [0.29, 0.717) is 0 Å². The predicted molar refractivity (Wildman–Crippen MR) is 84.7 cm³/mol. The van der Waals surface area contributed by atoms with Crippen molar-refractivity contribution in [2.24, 2.45) is 0 Å². The summed E-state index contributed by atoms with van der Waals surface area (Å²) < 4.78 is 11.0. The van der Waals surface area contributed by atoms with Gasteiger partial charge in [-0.05, 0) is 42.8 Å². The van der Waals surface area contributed by atoms with E-state index in [9.17, 15) is 4.79 Å². The molecule has 0 amide bonds. The molecule has 20 heavy (non-hydrogen) atoms. The number of carbonyl (C=O) groups is 1. The maximum absolute atomic E-state index is 11.6. The largest absolute Gasteiger partial charge is 0.543 e. The van der Waals surface area contributed by atoms with Crippen LogP contribution in [0.3, 0.4) is 0 Å². The Balaban J connectivity index is 2.97. The van der Waals surface area contributed by atoms with Gasteiger partial charge in [-0.15, -0.1) is 0 Å². The van der Waals surface area contributed by atoms with Crippen molar-refractivity contribution in [2.75, 3.05) is 7.11 Å². The number of rotatable bonds is 4. The summed E-state index contributed by atoms with van der Waals surface area (Å²) in [6, 6.07) is 7.76. The summed E-state index contributed by atoms with van der Waals surface area (Å²) >= 11 is 0. The SMILES string of the molecule is COC(=O)C(C)c1cccc(O[Si](C)(C)C(C)(C)C)c1. The van der Waals surface area contributed by atoms with Gasteiger partial charge in [0.15, 0.2) is 0 Å². The number of methoxy groups -OCH3 is 1. The number of carbonyl (C=O) groups excluding carboxylic acids is 1. The number of ether oxygens (including phenoxy) is 1. The zero-order chi connectivity index (χ0) is 15.6. The van der Waals surface area contributed by atoms with Gasteiger partial charge < -0.3 is 9.16 Å². The maximum Gasteiger partial charge on any atom is 0.312 e. The summed E-state index contributed by atoms with van der Waals surface area (Å²) in [6.45, 7) is 12.9. The van der Waals surface area contributed by atoms with Crippen LogP contribution in [0.4, 0.5) is 0 Å². The van der Waals surface area contributed by atoms with Gasteiger partial charge in [-0.2, -0.15) is 0 Å². The molecule has 0 saturated carbocycles. The number of esters is 1. The van der Waals surface area contributed by atoms with E-state index in [1.165, 1.54) is 7.11 Å². The lowest BCUT2D eigenvalue weighted by Crippen LogP contribution is -2.43. The van der Waals surface area contributed by atoms with Gasteiger partial charge in [-0.25, -0.2) is 0 Å². The zero-order valence-corrected chi connectivity index (χ0v) is 14.6. The van der Waals surface area contributed by atoms with E-state index in [2.05, 4.69) is 33.9 Å². The summed E-state index contributed by atoms with van der Waals surface area (Å²) in [7, 11) is -0.444. The van der Waals surface area contributed by atoms with E-state index in [1.54, 1.807) is 0 Å². The van der Waals surface area contributed by atoms with Gasteiger partial charge in [0.25, 0.3) is 0 Å². The standard InChI is InChI=1S/C16H26O3Si/c1-12(15(17)18-5)13-9-8-10-14(11-13)19-20(6,7)16(2,3)4/h8-12H,1-7H3. The van der Waals surface area contributed by atoms with Gasteiger partial charge in [0.05, 0.1) is 13.0 Å². The first kappa shape index (κ1) is 16.8. The van der Waals surface area contributed by atoms with Crippen molar-refractivity contribution in [3.8, 4) is 5.75 Å². The molecule has 0 spiro atoms. The molecule has 1 rings (SSSR count). The van der Waals surface area contributed by atoms with Gasteiger partial charge in [0.1, 0.15) is 5.75 Å². The van der Waals surface area contributed by atoms with Crippen LogP contribution in [0.5, 0.6) is 5.75 Å². The van der Waals surface area contributed by atoms with E-state index in [1.807, 2.05) is 31.2 Å². The Bertz CT molecular complexity index is 475. The Kier molecular flexibility index (Phi) is 5.03. The molecule has 1 unspecified atom stereocenters. The average molecular weight is 294 g/mol. The third-order valence-corrected chi connectivity index (χ3v) is 8.45. The fourth-order valence-electron chi connectivity index (χ4n) is 1.61. The Hall–Kier alpha value is -1.29. The quantitative estimate of drug-likeness (QED) is 0.612. The fraction of sp³-hybridized carbons (Fsp3) is 0.562. The van der Waals surface area contributed by atoms with Crippen LogP contribution in [-0.4, -0.2) is 21.4 Å². The molecule has 4 heteroatoms. The molecule has 0 bridgehead atoms. The summed E-state index contributed by atoms with van der Waals surface area (Å²) in [5.74, 6) is 0.335. The highest BCUT2D eigenvalue weighted by Gasteiger charge is 2.39. The molecule has 3 nitrogen and oxygen atoms in total. The molecule has 0 aliphatic rings. The van der Waals surface area contributed by atoms with Crippen molar-refractivity contribution in [1.29, 1.82) is 0 Å². The van der Waals surface area contributed by atoms with Crippen molar-refractivity contribution >= 4 is 14.3 Å². The summed E-state index contributed by atoms with van der Waals surface area (Å²) in [5, 5.41) is 0.150. The second-order valence-corrected chi connectivity index (χ2v) is 11.4. The van der Waals surface area contributed by atoms with Crippen LogP contribution in [-0.2, 0) is 9.53 Å². The molecular weight excluding hydrogens is 268 g/mol. The van der Waals surface area contributed by atoms with Crippen LogP contribution in [0.1, 0.15) is 39.2 Å². The molecule has 112 valence electrons. The molecule has 0 radical (unpaired) electrons. The van der Waals surface area contributed by atoms with Crippen molar-refractivity contribution in [2.45, 2.75) is 51.7 Å². The summed E-state index contributed by atoms with van der Waals surface area (Å²) in [5.41, 5.74) is 0.924. The van der Waals surface area contributed by atoms with Crippen molar-refractivity contribution < 1.29 is 14.0 Å². The predicted octanol–water partition coefficient (Wildman–Crippen LogP) is 4.35. The minimum absolute atomic E-state index is 0.150. The van der Waals surface area contributed by atoms with Crippen LogP contribution in [0.2, 0.25) is 18.1 Å². The molecule has 1 aromatic carbocycles. The molecule has 1 aromatic rings. The molecule has 0 saturated heterocycles. The number of hydrogen-bond acceptors (Lipinski definition) is 3. The molecule has 0 aliphatic carbocycles. The fourth-order valence-corrected chi connectivity index (χ4v) is 2.63. The second-order valence-electron chi connectivity index (χ2n) is 6.68. The number of benzene rings is 1. The highest BCUT2D eigenvalue weighted by Crippen LogP contribution is 2.37. The van der Waals surface area contributed by atoms with E-state index < -0.39 is 8.32 Å². The van der Waals surface area contributed by atoms with Gasteiger partial charge in [-0.3, -0.25) is 4.79 Å². The third kappa shape index (κ3) is 3.85. The van der Waals surface area contributed by atoms with Crippen LogP contribution in [0, 0.1) is 0 Å². The van der Waals surface area contributed by atoms with E-state index in [4.69, 9.17) is 9.16 Å². The molecule has 0 heterocycles.